The van der Waals surface area contributed by atoms with Gasteiger partial charge in [-0.05, 0) is 38.0 Å². The monoisotopic (exact) mass is 259 g/mol. The Hall–Kier alpha value is -1.15. The van der Waals surface area contributed by atoms with Crippen LogP contribution >= 0.6 is 0 Å². The van der Waals surface area contributed by atoms with E-state index >= 15 is 0 Å². The highest BCUT2D eigenvalue weighted by atomic mass is 32.2. The van der Waals surface area contributed by atoms with Crippen LogP contribution in [0.3, 0.4) is 0 Å². The van der Waals surface area contributed by atoms with Crippen molar-refractivity contribution >= 4 is 21.7 Å². The molecule has 1 heterocycles. The zero-order chi connectivity index (χ0) is 12.4. The first-order chi connectivity index (χ1) is 8.90. The third-order valence-corrected chi connectivity index (χ3v) is 6.03. The van der Waals surface area contributed by atoms with Gasteiger partial charge in [0, 0.05) is 21.7 Å². The molecule has 2 heteroatoms. The molecule has 1 aliphatic heterocycles. The van der Waals surface area contributed by atoms with Crippen LogP contribution in [-0.4, -0.2) is 18.1 Å². The highest BCUT2D eigenvalue weighted by Crippen LogP contribution is 2.33. The van der Waals surface area contributed by atoms with Crippen LogP contribution in [0.5, 0.6) is 5.75 Å². The standard InChI is InChI=1S/C16H19OS/c1-2-17-15-9-5-8-14-13(15)7-6-10-16(14)18-11-3-4-12-18/h5-10H,2-4,11-12H2,1H3/q+1. The number of rotatable bonds is 3. The molecule has 0 spiro atoms. The Balaban J connectivity index is 2.12. The third kappa shape index (κ3) is 2.10. The van der Waals surface area contributed by atoms with E-state index in [1.165, 1.54) is 35.1 Å². The minimum atomic E-state index is 0.467. The Morgan fingerprint density at radius 3 is 2.50 bits per heavy atom. The molecule has 0 radical (unpaired) electrons. The zero-order valence-corrected chi connectivity index (χ0v) is 11.6. The fraction of sp³-hybridized carbons (Fsp3) is 0.375. The Morgan fingerprint density at radius 1 is 1.00 bits per heavy atom. The lowest BCUT2D eigenvalue weighted by molar-refractivity contribution is 0.344. The minimum absolute atomic E-state index is 0.467. The molecule has 1 saturated heterocycles. The molecule has 1 nitrogen and oxygen atoms in total. The van der Waals surface area contributed by atoms with Gasteiger partial charge < -0.3 is 4.74 Å². The lowest BCUT2D eigenvalue weighted by Crippen LogP contribution is -2.04. The number of hydrogen-bond acceptors (Lipinski definition) is 1. The SMILES string of the molecule is CCOc1cccc2c([S+]3CCCC3)cccc12. The maximum absolute atomic E-state index is 5.74. The van der Waals surface area contributed by atoms with Crippen LogP contribution in [0, 0.1) is 0 Å². The van der Waals surface area contributed by atoms with Gasteiger partial charge in [-0.25, -0.2) is 0 Å². The van der Waals surface area contributed by atoms with Crippen LogP contribution in [0.4, 0.5) is 0 Å². The molecule has 2 aromatic carbocycles. The molecule has 0 unspecified atom stereocenters. The fourth-order valence-corrected chi connectivity index (χ4v) is 5.17. The summed E-state index contributed by atoms with van der Waals surface area (Å²) in [7, 11) is 0.467. The molecular formula is C16H19OS+. The summed E-state index contributed by atoms with van der Waals surface area (Å²) < 4.78 is 5.74. The van der Waals surface area contributed by atoms with Crippen LogP contribution in [0.2, 0.25) is 0 Å². The van der Waals surface area contributed by atoms with Crippen LogP contribution < -0.4 is 4.74 Å². The molecule has 0 N–H and O–H groups in total. The van der Waals surface area contributed by atoms with Gasteiger partial charge in [0.15, 0.2) is 4.90 Å². The zero-order valence-electron chi connectivity index (χ0n) is 10.8. The summed E-state index contributed by atoms with van der Waals surface area (Å²) in [5, 5.41) is 2.67. The minimum Gasteiger partial charge on any atom is -0.493 e. The van der Waals surface area contributed by atoms with Crippen LogP contribution in [0.25, 0.3) is 10.8 Å². The van der Waals surface area contributed by atoms with Gasteiger partial charge in [0.1, 0.15) is 17.3 Å². The number of benzene rings is 2. The number of ether oxygens (including phenoxy) is 1. The quantitative estimate of drug-likeness (QED) is 0.757. The molecule has 18 heavy (non-hydrogen) atoms. The Kier molecular flexibility index (Phi) is 3.46. The van der Waals surface area contributed by atoms with E-state index in [2.05, 4.69) is 36.4 Å². The van der Waals surface area contributed by atoms with Crippen LogP contribution in [-0.2, 0) is 10.9 Å². The van der Waals surface area contributed by atoms with Gasteiger partial charge in [0.2, 0.25) is 0 Å². The second kappa shape index (κ2) is 5.23. The van der Waals surface area contributed by atoms with E-state index < -0.39 is 0 Å². The van der Waals surface area contributed by atoms with Gasteiger partial charge >= 0.3 is 0 Å². The van der Waals surface area contributed by atoms with E-state index in [-0.39, 0.29) is 0 Å². The normalized spacial score (nSPS) is 16.3. The summed E-state index contributed by atoms with van der Waals surface area (Å²) in [5.41, 5.74) is 0. The summed E-state index contributed by atoms with van der Waals surface area (Å²) in [6.45, 7) is 2.77. The van der Waals surface area contributed by atoms with E-state index in [0.29, 0.717) is 10.9 Å². The van der Waals surface area contributed by atoms with Gasteiger partial charge in [-0.2, -0.15) is 0 Å². The molecule has 1 aliphatic rings. The average Bonchev–Trinajstić information content (AvgIpc) is 2.93. The molecule has 3 rings (SSSR count). The fourth-order valence-electron chi connectivity index (χ4n) is 2.66. The lowest BCUT2D eigenvalue weighted by atomic mass is 10.1. The Bertz CT molecular complexity index is 544. The smallest absolute Gasteiger partial charge is 0.162 e. The molecule has 0 aliphatic carbocycles. The van der Waals surface area contributed by atoms with Gasteiger partial charge in [0.05, 0.1) is 6.61 Å². The van der Waals surface area contributed by atoms with Gasteiger partial charge in [0.25, 0.3) is 0 Å². The Morgan fingerprint density at radius 2 is 1.72 bits per heavy atom. The maximum atomic E-state index is 5.74. The maximum Gasteiger partial charge on any atom is 0.162 e. The second-order valence-corrected chi connectivity index (χ2v) is 6.89. The summed E-state index contributed by atoms with van der Waals surface area (Å²) in [6.07, 6.45) is 2.79. The van der Waals surface area contributed by atoms with Crippen molar-refractivity contribution in [2.24, 2.45) is 0 Å². The summed E-state index contributed by atoms with van der Waals surface area (Å²) in [5.74, 6) is 3.77. The third-order valence-electron chi connectivity index (χ3n) is 3.48. The number of fused-ring (bicyclic) bond motifs is 1. The van der Waals surface area contributed by atoms with Crippen LogP contribution in [0.15, 0.2) is 41.3 Å². The average molecular weight is 259 g/mol. The van der Waals surface area contributed by atoms with E-state index in [4.69, 9.17) is 4.74 Å². The highest BCUT2D eigenvalue weighted by Gasteiger charge is 2.28. The molecule has 0 amide bonds. The van der Waals surface area contributed by atoms with Crippen molar-refractivity contribution < 1.29 is 4.74 Å². The lowest BCUT2D eigenvalue weighted by Gasteiger charge is -2.09. The highest BCUT2D eigenvalue weighted by molar-refractivity contribution is 7.97. The summed E-state index contributed by atoms with van der Waals surface area (Å²) in [6, 6.07) is 13.1. The van der Waals surface area contributed by atoms with Crippen molar-refractivity contribution in [2.45, 2.75) is 24.7 Å². The summed E-state index contributed by atoms with van der Waals surface area (Å²) in [4.78, 5) is 1.55. The van der Waals surface area contributed by atoms with Gasteiger partial charge in [-0.15, -0.1) is 0 Å². The first-order valence-corrected chi connectivity index (χ1v) is 8.28. The van der Waals surface area contributed by atoms with Gasteiger partial charge in [-0.1, -0.05) is 18.2 Å². The van der Waals surface area contributed by atoms with Crippen molar-refractivity contribution in [1.29, 1.82) is 0 Å². The first kappa shape index (κ1) is 11.9. The topological polar surface area (TPSA) is 9.23 Å². The number of hydrogen-bond donors (Lipinski definition) is 0. The van der Waals surface area contributed by atoms with Crippen LogP contribution in [0.1, 0.15) is 19.8 Å². The molecule has 1 fully saturated rings. The second-order valence-electron chi connectivity index (χ2n) is 4.65. The molecule has 0 aromatic heterocycles. The van der Waals surface area contributed by atoms with Crippen molar-refractivity contribution in [3.05, 3.63) is 36.4 Å². The molecule has 0 bridgehead atoms. The predicted octanol–water partition coefficient (Wildman–Crippen LogP) is 4.01. The van der Waals surface area contributed by atoms with E-state index in [1.54, 1.807) is 4.90 Å². The predicted molar refractivity (Wildman–Crippen MR) is 79.7 cm³/mol. The van der Waals surface area contributed by atoms with E-state index in [1.807, 2.05) is 6.92 Å². The van der Waals surface area contributed by atoms with Crippen molar-refractivity contribution in [3.8, 4) is 5.75 Å². The molecule has 94 valence electrons. The van der Waals surface area contributed by atoms with Crippen molar-refractivity contribution in [3.63, 3.8) is 0 Å². The molecular weight excluding hydrogens is 240 g/mol. The molecule has 0 saturated carbocycles. The van der Waals surface area contributed by atoms with Crippen molar-refractivity contribution in [2.75, 3.05) is 18.1 Å². The van der Waals surface area contributed by atoms with E-state index in [0.717, 1.165) is 12.4 Å². The molecule has 2 aromatic rings. The van der Waals surface area contributed by atoms with Crippen molar-refractivity contribution in [1.82, 2.24) is 0 Å². The largest absolute Gasteiger partial charge is 0.493 e. The molecule has 0 atom stereocenters. The van der Waals surface area contributed by atoms with E-state index in [9.17, 15) is 0 Å². The Labute approximate surface area is 112 Å². The summed E-state index contributed by atoms with van der Waals surface area (Å²) >= 11 is 0. The first-order valence-electron chi connectivity index (χ1n) is 6.72. The van der Waals surface area contributed by atoms with Gasteiger partial charge in [-0.3, -0.25) is 0 Å².